The minimum atomic E-state index is -1.37. The first kappa shape index (κ1) is 35.1. The van der Waals surface area contributed by atoms with Crippen molar-refractivity contribution >= 4 is 47.8 Å². The van der Waals surface area contributed by atoms with Crippen molar-refractivity contribution in [2.24, 2.45) is 0 Å². The van der Waals surface area contributed by atoms with Crippen molar-refractivity contribution in [1.29, 1.82) is 0 Å². The molecule has 0 aromatic heterocycles. The molecule has 0 saturated carbocycles. The first-order valence-corrected chi connectivity index (χ1v) is 12.9. The molecule has 0 saturated heterocycles. The van der Waals surface area contributed by atoms with Crippen molar-refractivity contribution in [3.63, 3.8) is 0 Å². The van der Waals surface area contributed by atoms with Crippen LogP contribution in [0.3, 0.4) is 0 Å². The highest BCUT2D eigenvalue weighted by Crippen LogP contribution is 2.27. The van der Waals surface area contributed by atoms with Crippen LogP contribution in [0, 0.1) is 0 Å². The van der Waals surface area contributed by atoms with E-state index in [0.717, 1.165) is 72.8 Å². The zero-order valence-corrected chi connectivity index (χ0v) is 23.8. The monoisotopic (exact) mass is 660 g/mol. The van der Waals surface area contributed by atoms with Crippen LogP contribution in [0.15, 0.2) is 72.8 Å². The van der Waals surface area contributed by atoms with Crippen LogP contribution < -0.4 is 0 Å². The molecule has 4 rings (SSSR count). The zero-order chi connectivity index (χ0) is 36.0. The Hall–Kier alpha value is -7.36. The minimum Gasteiger partial charge on any atom is -0.478 e. The second-order valence-electron chi connectivity index (χ2n) is 9.64. The molecule has 0 aliphatic carbocycles. The predicted octanol–water partition coefficient (Wildman–Crippen LogP) is 4.29. The molecule has 48 heavy (non-hydrogen) atoms. The SMILES string of the molecule is O=C(O)c1cc(C(=O)O)cc(-c2cc(C(=O)O)cc(C(=O)O)c2)c1.O=C(O)c1cc(C(=O)O)cc(-c2cc(C(=O)O)cc(C(=O)O)c2)c1. The van der Waals surface area contributed by atoms with Gasteiger partial charge in [-0.15, -0.1) is 0 Å². The fourth-order valence-corrected chi connectivity index (χ4v) is 4.16. The van der Waals surface area contributed by atoms with E-state index < -0.39 is 47.8 Å². The van der Waals surface area contributed by atoms with Crippen LogP contribution in [0.2, 0.25) is 0 Å². The van der Waals surface area contributed by atoms with E-state index in [2.05, 4.69) is 0 Å². The van der Waals surface area contributed by atoms with Gasteiger partial charge in [0.2, 0.25) is 0 Å². The summed E-state index contributed by atoms with van der Waals surface area (Å²) in [7, 11) is 0. The summed E-state index contributed by atoms with van der Waals surface area (Å²) in [5, 5.41) is 72.5. The summed E-state index contributed by atoms with van der Waals surface area (Å²) in [6.07, 6.45) is 0. The van der Waals surface area contributed by atoms with E-state index in [1.807, 2.05) is 0 Å². The Labute approximate surface area is 266 Å². The lowest BCUT2D eigenvalue weighted by molar-refractivity contribution is 0.0676. The van der Waals surface area contributed by atoms with Gasteiger partial charge in [-0.3, -0.25) is 0 Å². The minimum absolute atomic E-state index is 0.0814. The maximum absolute atomic E-state index is 11.1. The van der Waals surface area contributed by atoms with E-state index in [4.69, 9.17) is 40.9 Å². The lowest BCUT2D eigenvalue weighted by Crippen LogP contribution is -2.05. The average Bonchev–Trinajstić information content (AvgIpc) is 3.03. The summed E-state index contributed by atoms with van der Waals surface area (Å²) in [5.41, 5.74) is -2.21. The van der Waals surface area contributed by atoms with E-state index in [0.29, 0.717) is 0 Å². The molecule has 8 N–H and O–H groups in total. The number of benzene rings is 4. The summed E-state index contributed by atoms with van der Waals surface area (Å²) < 4.78 is 0. The zero-order valence-electron chi connectivity index (χ0n) is 23.8. The molecule has 0 radical (unpaired) electrons. The van der Waals surface area contributed by atoms with Gasteiger partial charge >= 0.3 is 47.8 Å². The Morgan fingerprint density at radius 1 is 0.229 bits per heavy atom. The Morgan fingerprint density at radius 2 is 0.333 bits per heavy atom. The lowest BCUT2D eigenvalue weighted by Gasteiger charge is -2.08. The van der Waals surface area contributed by atoms with Crippen LogP contribution in [0.1, 0.15) is 82.9 Å². The van der Waals surface area contributed by atoms with Gasteiger partial charge in [0, 0.05) is 0 Å². The molecule has 0 unspecified atom stereocenters. The molecule has 0 aliphatic rings. The molecule has 16 nitrogen and oxygen atoms in total. The van der Waals surface area contributed by atoms with Gasteiger partial charge in [-0.1, -0.05) is 0 Å². The highest BCUT2D eigenvalue weighted by molar-refractivity contribution is 6.00. The number of carboxylic acids is 8. The third-order valence-electron chi connectivity index (χ3n) is 6.37. The fourth-order valence-electron chi connectivity index (χ4n) is 4.16. The number of rotatable bonds is 10. The summed E-state index contributed by atoms with van der Waals surface area (Å²) in [4.78, 5) is 89.0. The van der Waals surface area contributed by atoms with Crippen molar-refractivity contribution in [2.45, 2.75) is 0 Å². The van der Waals surface area contributed by atoms with Crippen LogP contribution in [0.4, 0.5) is 0 Å². The average molecular weight is 660 g/mol. The molecule has 0 bridgehead atoms. The maximum Gasteiger partial charge on any atom is 0.335 e. The Bertz CT molecular complexity index is 1630. The van der Waals surface area contributed by atoms with E-state index in [1.54, 1.807) is 0 Å². The van der Waals surface area contributed by atoms with Crippen molar-refractivity contribution in [1.82, 2.24) is 0 Å². The summed E-state index contributed by atoms with van der Waals surface area (Å²) >= 11 is 0. The van der Waals surface area contributed by atoms with Gasteiger partial charge in [0.25, 0.3) is 0 Å². The number of carbonyl (C=O) groups is 8. The van der Waals surface area contributed by atoms with Gasteiger partial charge < -0.3 is 40.9 Å². The van der Waals surface area contributed by atoms with E-state index in [-0.39, 0.29) is 66.8 Å². The lowest BCUT2D eigenvalue weighted by atomic mass is 9.96. The number of carboxylic acid groups (broad SMARTS) is 8. The summed E-state index contributed by atoms with van der Waals surface area (Å²) in [6, 6.07) is 12.9. The van der Waals surface area contributed by atoms with Crippen LogP contribution >= 0.6 is 0 Å². The molecule has 244 valence electrons. The summed E-state index contributed by atoms with van der Waals surface area (Å²) in [5.74, 6) is -10.9. The Kier molecular flexibility index (Phi) is 10.4. The van der Waals surface area contributed by atoms with Crippen LogP contribution in [0.25, 0.3) is 22.3 Å². The second kappa shape index (κ2) is 14.2. The van der Waals surface area contributed by atoms with Gasteiger partial charge in [0.1, 0.15) is 0 Å². The normalized spacial score (nSPS) is 10.2. The fraction of sp³-hybridized carbons (Fsp3) is 0. The molecule has 0 fully saturated rings. The second-order valence-corrected chi connectivity index (χ2v) is 9.64. The predicted molar refractivity (Wildman–Crippen MR) is 159 cm³/mol. The molecule has 0 heterocycles. The van der Waals surface area contributed by atoms with Gasteiger partial charge in [0.15, 0.2) is 0 Å². The molecule has 0 aliphatic heterocycles. The molecular formula is C32H20O16. The molecule has 4 aromatic carbocycles. The summed E-state index contributed by atoms with van der Waals surface area (Å²) in [6.45, 7) is 0. The Morgan fingerprint density at radius 3 is 0.417 bits per heavy atom. The molecule has 16 heteroatoms. The number of aromatic carboxylic acids is 8. The van der Waals surface area contributed by atoms with E-state index in [9.17, 15) is 38.4 Å². The highest BCUT2D eigenvalue weighted by atomic mass is 16.4. The van der Waals surface area contributed by atoms with Crippen molar-refractivity contribution < 1.29 is 79.2 Å². The highest BCUT2D eigenvalue weighted by Gasteiger charge is 2.18. The molecule has 0 spiro atoms. The largest absolute Gasteiger partial charge is 0.478 e. The third-order valence-corrected chi connectivity index (χ3v) is 6.37. The first-order chi connectivity index (χ1) is 22.4. The maximum atomic E-state index is 11.1. The molecular weight excluding hydrogens is 640 g/mol. The first-order valence-electron chi connectivity index (χ1n) is 12.9. The third kappa shape index (κ3) is 8.42. The van der Waals surface area contributed by atoms with Crippen LogP contribution in [-0.2, 0) is 0 Å². The molecule has 4 aromatic rings. The van der Waals surface area contributed by atoms with Crippen molar-refractivity contribution in [2.75, 3.05) is 0 Å². The topological polar surface area (TPSA) is 298 Å². The standard InChI is InChI=1S/2C16H10O8/c2*17-13(18)9-1-7(2-10(5-9)14(19)20)8-3-11(15(21)22)6-12(4-8)16(23)24/h2*1-6H,(H,17,18)(H,19,20)(H,21,22)(H,23,24). The molecule has 0 atom stereocenters. The quantitative estimate of drug-likeness (QED) is 0.118. The number of hydrogen-bond donors (Lipinski definition) is 8. The van der Waals surface area contributed by atoms with Gasteiger partial charge in [-0.25, -0.2) is 38.4 Å². The van der Waals surface area contributed by atoms with Gasteiger partial charge in [-0.2, -0.15) is 0 Å². The van der Waals surface area contributed by atoms with Crippen LogP contribution in [0.5, 0.6) is 0 Å². The van der Waals surface area contributed by atoms with Crippen molar-refractivity contribution in [3.05, 3.63) is 117 Å². The Balaban J connectivity index is 0.000000260. The van der Waals surface area contributed by atoms with E-state index in [1.165, 1.54) is 0 Å². The van der Waals surface area contributed by atoms with Crippen LogP contribution in [-0.4, -0.2) is 88.6 Å². The number of hydrogen-bond acceptors (Lipinski definition) is 8. The smallest absolute Gasteiger partial charge is 0.335 e. The van der Waals surface area contributed by atoms with Crippen molar-refractivity contribution in [3.8, 4) is 22.3 Å². The van der Waals surface area contributed by atoms with Gasteiger partial charge in [-0.05, 0) is 95.1 Å². The molecule has 0 amide bonds. The van der Waals surface area contributed by atoms with Gasteiger partial charge in [0.05, 0.1) is 44.5 Å². The van der Waals surface area contributed by atoms with E-state index >= 15 is 0 Å².